The molecule has 0 saturated carbocycles. The van der Waals surface area contributed by atoms with E-state index in [9.17, 15) is 13.2 Å². The van der Waals surface area contributed by atoms with Crippen molar-refractivity contribution in [2.75, 3.05) is 31.6 Å². The van der Waals surface area contributed by atoms with Crippen LogP contribution in [0.4, 0.5) is 0 Å². The molecule has 1 aliphatic rings. The van der Waals surface area contributed by atoms with E-state index < -0.39 is 9.84 Å². The lowest BCUT2D eigenvalue weighted by Gasteiger charge is -2.22. The number of nitrogens with one attached hydrogen (secondary N) is 1. The van der Waals surface area contributed by atoms with E-state index in [2.05, 4.69) is 5.32 Å². The second-order valence-corrected chi connectivity index (χ2v) is 8.95. The predicted molar refractivity (Wildman–Crippen MR) is 92.9 cm³/mol. The monoisotopic (exact) mass is 378 g/mol. The zero-order valence-corrected chi connectivity index (χ0v) is 15.2. The van der Waals surface area contributed by atoms with Crippen molar-refractivity contribution in [2.24, 2.45) is 0 Å². The van der Waals surface area contributed by atoms with Gasteiger partial charge in [-0.3, -0.25) is 9.69 Å². The fourth-order valence-corrected chi connectivity index (χ4v) is 5.01. The summed E-state index contributed by atoms with van der Waals surface area (Å²) in [4.78, 5) is 13.7. The zero-order chi connectivity index (χ0) is 17.0. The van der Waals surface area contributed by atoms with Gasteiger partial charge in [0.15, 0.2) is 9.84 Å². The molecule has 1 N–H and O–H groups in total. The van der Waals surface area contributed by atoms with Crippen molar-refractivity contribution in [1.82, 2.24) is 10.2 Å². The van der Waals surface area contributed by atoms with Crippen LogP contribution >= 0.6 is 23.2 Å². The molecule has 2 rings (SSSR count). The van der Waals surface area contributed by atoms with Crippen LogP contribution in [0.25, 0.3) is 0 Å². The Morgan fingerprint density at radius 2 is 1.96 bits per heavy atom. The van der Waals surface area contributed by atoms with Crippen LogP contribution in [0.15, 0.2) is 18.2 Å². The van der Waals surface area contributed by atoms with E-state index in [1.807, 2.05) is 12.1 Å². The van der Waals surface area contributed by atoms with Gasteiger partial charge in [-0.25, -0.2) is 8.42 Å². The van der Waals surface area contributed by atoms with E-state index in [1.54, 1.807) is 18.0 Å². The van der Waals surface area contributed by atoms with Crippen LogP contribution < -0.4 is 5.32 Å². The Labute approximate surface area is 146 Å². The summed E-state index contributed by atoms with van der Waals surface area (Å²) in [5, 5.41) is 3.97. The molecule has 0 aliphatic carbocycles. The number of nitrogens with zero attached hydrogens (tertiary/aromatic N) is 1. The molecule has 8 heteroatoms. The molecule has 1 saturated heterocycles. The summed E-state index contributed by atoms with van der Waals surface area (Å²) in [6, 6.07) is 5.22. The molecule has 128 valence electrons. The second-order valence-electron chi connectivity index (χ2n) is 5.85. The van der Waals surface area contributed by atoms with Crippen LogP contribution in [0.2, 0.25) is 10.0 Å². The van der Waals surface area contributed by atoms with Gasteiger partial charge in [0.25, 0.3) is 0 Å². The van der Waals surface area contributed by atoms with E-state index in [4.69, 9.17) is 23.2 Å². The molecular weight excluding hydrogens is 359 g/mol. The number of likely N-dealkylation sites (N-methyl/N-ethyl adjacent to an activating group) is 1. The second kappa shape index (κ2) is 7.83. The molecule has 1 heterocycles. The molecule has 1 aromatic rings. The minimum atomic E-state index is -2.94. The highest BCUT2D eigenvalue weighted by Gasteiger charge is 2.31. The highest BCUT2D eigenvalue weighted by Crippen LogP contribution is 2.19. The SMILES string of the molecule is CN(CC(=O)NCCc1cc(Cl)cc(Cl)c1)[C@H]1CCS(=O)(=O)C1. The minimum absolute atomic E-state index is 0.0718. The van der Waals surface area contributed by atoms with Crippen LogP contribution in [0.5, 0.6) is 0 Å². The van der Waals surface area contributed by atoms with Gasteiger partial charge in [-0.1, -0.05) is 23.2 Å². The summed E-state index contributed by atoms with van der Waals surface area (Å²) in [5.41, 5.74) is 0.957. The van der Waals surface area contributed by atoms with Crippen molar-refractivity contribution in [3.05, 3.63) is 33.8 Å². The number of halogens is 2. The van der Waals surface area contributed by atoms with Crippen molar-refractivity contribution in [3.63, 3.8) is 0 Å². The molecule has 1 fully saturated rings. The van der Waals surface area contributed by atoms with Crippen LogP contribution in [0.3, 0.4) is 0 Å². The van der Waals surface area contributed by atoms with E-state index >= 15 is 0 Å². The third-order valence-corrected chi connectivity index (χ3v) is 6.07. The molecule has 5 nitrogen and oxygen atoms in total. The van der Waals surface area contributed by atoms with Gasteiger partial charge in [-0.05, 0) is 43.7 Å². The maximum Gasteiger partial charge on any atom is 0.234 e. The van der Waals surface area contributed by atoms with Gasteiger partial charge in [0.05, 0.1) is 18.1 Å². The number of sulfone groups is 1. The normalized spacial score (nSPS) is 19.9. The fourth-order valence-electron chi connectivity index (χ4n) is 2.64. The first-order valence-electron chi connectivity index (χ1n) is 7.37. The Balaban J connectivity index is 1.75. The molecule has 0 spiro atoms. The topological polar surface area (TPSA) is 66.5 Å². The summed E-state index contributed by atoms with van der Waals surface area (Å²) in [5.74, 6) is 0.224. The molecule has 1 amide bonds. The summed E-state index contributed by atoms with van der Waals surface area (Å²) in [6.45, 7) is 0.669. The quantitative estimate of drug-likeness (QED) is 0.818. The van der Waals surface area contributed by atoms with Gasteiger partial charge in [-0.2, -0.15) is 0 Å². The molecule has 1 atom stereocenters. The summed E-state index contributed by atoms with van der Waals surface area (Å²) >= 11 is 11.9. The van der Waals surface area contributed by atoms with Gasteiger partial charge in [0.1, 0.15) is 0 Å². The highest BCUT2D eigenvalue weighted by atomic mass is 35.5. The maximum absolute atomic E-state index is 11.9. The first-order chi connectivity index (χ1) is 10.7. The van der Waals surface area contributed by atoms with E-state index in [1.165, 1.54) is 0 Å². The Hall–Kier alpha value is -0.820. The largest absolute Gasteiger partial charge is 0.355 e. The van der Waals surface area contributed by atoms with Gasteiger partial charge in [-0.15, -0.1) is 0 Å². The standard InChI is InChI=1S/C15H20Cl2N2O3S/c1-19(14-3-5-23(21,22)10-14)9-15(20)18-4-2-11-6-12(16)8-13(17)7-11/h6-8,14H,2-5,9-10H2,1H3,(H,18,20)/t14-/m0/s1. The average molecular weight is 379 g/mol. The Bertz CT molecular complexity index is 659. The third-order valence-electron chi connectivity index (χ3n) is 3.88. The van der Waals surface area contributed by atoms with E-state index in [0.717, 1.165) is 5.56 Å². The van der Waals surface area contributed by atoms with Crippen molar-refractivity contribution >= 4 is 38.9 Å². The Morgan fingerprint density at radius 1 is 1.30 bits per heavy atom. The molecule has 0 radical (unpaired) electrons. The maximum atomic E-state index is 11.9. The molecular formula is C15H20Cl2N2O3S. The zero-order valence-electron chi connectivity index (χ0n) is 12.9. The number of carbonyl (C=O) groups is 1. The highest BCUT2D eigenvalue weighted by molar-refractivity contribution is 7.91. The van der Waals surface area contributed by atoms with Gasteiger partial charge in [0.2, 0.25) is 5.91 Å². The Morgan fingerprint density at radius 3 is 2.52 bits per heavy atom. The van der Waals surface area contributed by atoms with Gasteiger partial charge >= 0.3 is 0 Å². The van der Waals surface area contributed by atoms with Crippen LogP contribution in [0, 0.1) is 0 Å². The van der Waals surface area contributed by atoms with E-state index in [0.29, 0.717) is 29.4 Å². The first-order valence-corrected chi connectivity index (χ1v) is 9.95. The van der Waals surface area contributed by atoms with Crippen LogP contribution in [-0.2, 0) is 21.1 Å². The summed E-state index contributed by atoms with van der Waals surface area (Å²) < 4.78 is 22.9. The fraction of sp³-hybridized carbons (Fsp3) is 0.533. The lowest BCUT2D eigenvalue weighted by Crippen LogP contribution is -2.41. The number of carbonyl (C=O) groups excluding carboxylic acids is 1. The first kappa shape index (κ1) is 18.5. The molecule has 23 heavy (non-hydrogen) atoms. The molecule has 0 bridgehead atoms. The van der Waals surface area contributed by atoms with Crippen LogP contribution in [0.1, 0.15) is 12.0 Å². The van der Waals surface area contributed by atoms with Gasteiger partial charge in [0, 0.05) is 22.6 Å². The Kier molecular flexibility index (Phi) is 6.31. The number of benzene rings is 1. The minimum Gasteiger partial charge on any atom is -0.355 e. The lowest BCUT2D eigenvalue weighted by atomic mass is 10.1. The van der Waals surface area contributed by atoms with Crippen LogP contribution in [-0.4, -0.2) is 56.9 Å². The predicted octanol–water partition coefficient (Wildman–Crippen LogP) is 1.77. The molecule has 0 unspecified atom stereocenters. The van der Waals surface area contributed by atoms with Crippen molar-refractivity contribution in [1.29, 1.82) is 0 Å². The lowest BCUT2D eigenvalue weighted by molar-refractivity contribution is -0.122. The summed E-state index contributed by atoms with van der Waals surface area (Å²) in [6.07, 6.45) is 1.22. The number of rotatable bonds is 6. The molecule has 0 aromatic heterocycles. The number of hydrogen-bond acceptors (Lipinski definition) is 4. The smallest absolute Gasteiger partial charge is 0.234 e. The number of amides is 1. The van der Waals surface area contributed by atoms with E-state index in [-0.39, 0.29) is 30.0 Å². The summed E-state index contributed by atoms with van der Waals surface area (Å²) in [7, 11) is -1.16. The van der Waals surface area contributed by atoms with Crippen molar-refractivity contribution < 1.29 is 13.2 Å². The molecule has 1 aromatic carbocycles. The van der Waals surface area contributed by atoms with Gasteiger partial charge < -0.3 is 5.32 Å². The van der Waals surface area contributed by atoms with Crippen molar-refractivity contribution in [3.8, 4) is 0 Å². The molecule has 1 aliphatic heterocycles. The third kappa shape index (κ3) is 5.95. The number of hydrogen-bond donors (Lipinski definition) is 1. The average Bonchev–Trinajstić information content (AvgIpc) is 2.78. The van der Waals surface area contributed by atoms with Crippen molar-refractivity contribution in [2.45, 2.75) is 18.9 Å².